The second kappa shape index (κ2) is 7.73. The van der Waals surface area contributed by atoms with Gasteiger partial charge in [0.1, 0.15) is 12.3 Å². The third kappa shape index (κ3) is 4.62. The van der Waals surface area contributed by atoms with Crippen molar-refractivity contribution in [2.75, 3.05) is 50.4 Å². The third-order valence-electron chi connectivity index (χ3n) is 4.11. The average Bonchev–Trinajstić information content (AvgIpc) is 2.58. The number of hydrogen-bond donors (Lipinski definition) is 0. The number of carbonyl (C=O) groups excluding carboxylic acids is 2. The van der Waals surface area contributed by atoms with E-state index < -0.39 is 10.0 Å². The molecule has 1 fully saturated rings. The number of carbonyl (C=O) groups is 2. The van der Waals surface area contributed by atoms with Crippen molar-refractivity contribution in [3.8, 4) is 5.75 Å². The predicted molar refractivity (Wildman–Crippen MR) is 94.0 cm³/mol. The number of sulfonamides is 1. The van der Waals surface area contributed by atoms with Gasteiger partial charge in [-0.2, -0.15) is 0 Å². The molecule has 1 saturated heterocycles. The first-order valence-corrected chi connectivity index (χ1v) is 9.73. The van der Waals surface area contributed by atoms with Crippen molar-refractivity contribution in [2.24, 2.45) is 0 Å². The van der Waals surface area contributed by atoms with Gasteiger partial charge in [-0.05, 0) is 12.1 Å². The van der Waals surface area contributed by atoms with Crippen LogP contribution in [0.5, 0.6) is 5.75 Å². The third-order valence-corrected chi connectivity index (χ3v) is 5.24. The van der Waals surface area contributed by atoms with Gasteiger partial charge in [0.15, 0.2) is 0 Å². The van der Waals surface area contributed by atoms with E-state index in [1.54, 1.807) is 34.1 Å². The molecule has 0 saturated carbocycles. The zero-order valence-corrected chi connectivity index (χ0v) is 15.5. The van der Waals surface area contributed by atoms with Gasteiger partial charge in [-0.25, -0.2) is 8.42 Å². The zero-order chi connectivity index (χ0) is 18.6. The lowest BCUT2D eigenvalue weighted by atomic mass is 10.2. The molecule has 25 heavy (non-hydrogen) atoms. The molecule has 0 unspecified atom stereocenters. The Kier molecular flexibility index (Phi) is 5.89. The van der Waals surface area contributed by atoms with Gasteiger partial charge in [0.2, 0.25) is 21.8 Å². The van der Waals surface area contributed by atoms with Gasteiger partial charge in [-0.15, -0.1) is 0 Å². The molecule has 8 nitrogen and oxygen atoms in total. The van der Waals surface area contributed by atoms with Gasteiger partial charge in [0.05, 0.1) is 19.1 Å². The normalized spacial score (nSPS) is 15.0. The number of piperazine rings is 1. The van der Waals surface area contributed by atoms with Crippen LogP contribution >= 0.6 is 0 Å². The predicted octanol–water partition coefficient (Wildman–Crippen LogP) is 0.152. The van der Waals surface area contributed by atoms with Gasteiger partial charge in [-0.1, -0.05) is 12.1 Å². The van der Waals surface area contributed by atoms with Gasteiger partial charge in [0.25, 0.3) is 0 Å². The highest BCUT2D eigenvalue weighted by molar-refractivity contribution is 7.92. The second-order valence-corrected chi connectivity index (χ2v) is 7.74. The molecule has 0 bridgehead atoms. The summed E-state index contributed by atoms with van der Waals surface area (Å²) in [7, 11) is -2.22. The molecule has 0 spiro atoms. The van der Waals surface area contributed by atoms with Gasteiger partial charge in [0, 0.05) is 33.1 Å². The Morgan fingerprint density at radius 2 is 1.68 bits per heavy atom. The summed E-state index contributed by atoms with van der Waals surface area (Å²) >= 11 is 0. The Labute approximate surface area is 148 Å². The van der Waals surface area contributed by atoms with Crippen molar-refractivity contribution < 1.29 is 22.7 Å². The minimum atomic E-state index is -3.67. The number of hydrogen-bond acceptors (Lipinski definition) is 5. The van der Waals surface area contributed by atoms with E-state index in [4.69, 9.17) is 4.74 Å². The van der Waals surface area contributed by atoms with Crippen molar-refractivity contribution in [1.82, 2.24) is 9.80 Å². The summed E-state index contributed by atoms with van der Waals surface area (Å²) < 4.78 is 30.7. The largest absolute Gasteiger partial charge is 0.495 e. The molecule has 2 rings (SSSR count). The van der Waals surface area contributed by atoms with Crippen LogP contribution in [0.3, 0.4) is 0 Å². The summed E-state index contributed by atoms with van der Waals surface area (Å²) in [6, 6.07) is 6.65. The number of ether oxygens (including phenoxy) is 1. The molecule has 0 radical (unpaired) electrons. The zero-order valence-electron chi connectivity index (χ0n) is 14.6. The van der Waals surface area contributed by atoms with E-state index in [-0.39, 0.29) is 18.4 Å². The highest BCUT2D eigenvalue weighted by Gasteiger charge is 2.28. The molecule has 0 aliphatic carbocycles. The van der Waals surface area contributed by atoms with E-state index in [1.807, 2.05) is 0 Å². The number of rotatable bonds is 5. The summed E-state index contributed by atoms with van der Waals surface area (Å²) in [5.41, 5.74) is 0.322. The van der Waals surface area contributed by atoms with Crippen molar-refractivity contribution in [3.05, 3.63) is 24.3 Å². The first-order valence-electron chi connectivity index (χ1n) is 7.88. The van der Waals surface area contributed by atoms with Crippen LogP contribution in [0.1, 0.15) is 6.92 Å². The van der Waals surface area contributed by atoms with Crippen LogP contribution in [0.15, 0.2) is 24.3 Å². The van der Waals surface area contributed by atoms with Crippen LogP contribution in [0.2, 0.25) is 0 Å². The maximum atomic E-state index is 12.6. The summed E-state index contributed by atoms with van der Waals surface area (Å²) in [4.78, 5) is 27.2. The average molecular weight is 369 g/mol. The maximum absolute atomic E-state index is 12.6. The summed E-state index contributed by atoms with van der Waals surface area (Å²) in [5.74, 6) is 0.0422. The number of anilines is 1. The summed E-state index contributed by atoms with van der Waals surface area (Å²) in [5, 5.41) is 0. The number of amides is 2. The minimum absolute atomic E-state index is 0.0288. The topological polar surface area (TPSA) is 87.2 Å². The quantitative estimate of drug-likeness (QED) is 0.737. The molecule has 1 aliphatic rings. The van der Waals surface area contributed by atoms with Crippen molar-refractivity contribution in [1.29, 1.82) is 0 Å². The number of benzene rings is 1. The Morgan fingerprint density at radius 3 is 2.20 bits per heavy atom. The van der Waals surface area contributed by atoms with E-state index in [0.717, 1.165) is 10.6 Å². The highest BCUT2D eigenvalue weighted by atomic mass is 32.2. The van der Waals surface area contributed by atoms with Crippen LogP contribution in [0.25, 0.3) is 0 Å². The fraction of sp³-hybridized carbons (Fsp3) is 0.500. The van der Waals surface area contributed by atoms with E-state index in [1.165, 1.54) is 14.0 Å². The van der Waals surface area contributed by atoms with E-state index in [9.17, 15) is 18.0 Å². The smallest absolute Gasteiger partial charge is 0.243 e. The molecular formula is C16H23N3O5S. The molecule has 9 heteroatoms. The van der Waals surface area contributed by atoms with Gasteiger partial charge < -0.3 is 14.5 Å². The Hall–Kier alpha value is -2.29. The summed E-state index contributed by atoms with van der Waals surface area (Å²) in [6.07, 6.45) is 1.06. The highest BCUT2D eigenvalue weighted by Crippen LogP contribution is 2.29. The minimum Gasteiger partial charge on any atom is -0.495 e. The molecule has 0 atom stereocenters. The fourth-order valence-corrected chi connectivity index (χ4v) is 3.56. The lowest BCUT2D eigenvalue weighted by Crippen LogP contribution is -2.52. The monoisotopic (exact) mass is 369 g/mol. The van der Waals surface area contributed by atoms with Crippen LogP contribution in [0, 0.1) is 0 Å². The molecule has 1 aliphatic heterocycles. The number of methoxy groups -OCH3 is 1. The molecule has 2 amide bonds. The number of nitrogens with zero attached hydrogens (tertiary/aromatic N) is 3. The van der Waals surface area contributed by atoms with Gasteiger partial charge in [-0.3, -0.25) is 13.9 Å². The van der Waals surface area contributed by atoms with Crippen LogP contribution in [0.4, 0.5) is 5.69 Å². The van der Waals surface area contributed by atoms with E-state index in [0.29, 0.717) is 37.6 Å². The Morgan fingerprint density at radius 1 is 1.12 bits per heavy atom. The fourth-order valence-electron chi connectivity index (χ4n) is 2.71. The Balaban J connectivity index is 2.16. The molecule has 138 valence electrons. The lowest BCUT2D eigenvalue weighted by Gasteiger charge is -2.35. The summed E-state index contributed by atoms with van der Waals surface area (Å²) in [6.45, 7) is 2.87. The standard InChI is InChI=1S/C16H23N3O5S/c1-13(20)17-8-10-18(11-9-17)16(21)12-19(25(3,22)23)14-6-4-5-7-15(14)24-2/h4-7H,8-12H2,1-3H3. The van der Waals surface area contributed by atoms with Crippen LogP contribution in [-0.2, 0) is 19.6 Å². The lowest BCUT2D eigenvalue weighted by molar-refractivity contribution is -0.137. The Bertz CT molecular complexity index is 742. The van der Waals surface area contributed by atoms with E-state index >= 15 is 0 Å². The van der Waals surface area contributed by atoms with Crippen molar-refractivity contribution in [3.63, 3.8) is 0 Å². The van der Waals surface area contributed by atoms with Crippen molar-refractivity contribution in [2.45, 2.75) is 6.92 Å². The second-order valence-electron chi connectivity index (χ2n) is 5.83. The number of para-hydroxylation sites is 2. The van der Waals surface area contributed by atoms with Crippen LogP contribution in [-0.4, -0.2) is 76.1 Å². The molecular weight excluding hydrogens is 346 g/mol. The first kappa shape index (κ1) is 19.0. The first-order chi connectivity index (χ1) is 11.7. The van der Waals surface area contributed by atoms with Crippen LogP contribution < -0.4 is 9.04 Å². The maximum Gasteiger partial charge on any atom is 0.243 e. The molecule has 1 aromatic carbocycles. The molecule has 0 aromatic heterocycles. The molecule has 0 N–H and O–H groups in total. The van der Waals surface area contributed by atoms with Gasteiger partial charge >= 0.3 is 0 Å². The molecule has 1 heterocycles. The van der Waals surface area contributed by atoms with Crippen molar-refractivity contribution >= 4 is 27.5 Å². The molecule has 1 aromatic rings. The van der Waals surface area contributed by atoms with E-state index in [2.05, 4.69) is 0 Å². The SMILES string of the molecule is COc1ccccc1N(CC(=O)N1CCN(C(C)=O)CC1)S(C)(=O)=O.